The zero-order chi connectivity index (χ0) is 22.2. The maximum absolute atomic E-state index is 13.4. The zero-order valence-corrected chi connectivity index (χ0v) is 19.9. The third-order valence-electron chi connectivity index (χ3n) is 5.58. The summed E-state index contributed by atoms with van der Waals surface area (Å²) >= 11 is 9.04. The first kappa shape index (κ1) is 21.6. The van der Waals surface area contributed by atoms with E-state index in [4.69, 9.17) is 21.3 Å². The number of nitrogens with zero attached hydrogens (tertiary/aromatic N) is 4. The second kappa shape index (κ2) is 8.97. The average Bonchev–Trinajstić information content (AvgIpc) is 3.16. The van der Waals surface area contributed by atoms with Crippen LogP contribution in [0.4, 0.5) is 0 Å². The van der Waals surface area contributed by atoms with Crippen molar-refractivity contribution in [1.29, 1.82) is 0 Å². The second-order valence-electron chi connectivity index (χ2n) is 7.68. The lowest BCUT2D eigenvalue weighted by molar-refractivity contribution is 0.183. The van der Waals surface area contributed by atoms with Crippen LogP contribution in [-0.2, 0) is 29.9 Å². The first-order valence-electron chi connectivity index (χ1n) is 10.4. The van der Waals surface area contributed by atoms with Crippen molar-refractivity contribution in [2.75, 3.05) is 13.7 Å². The Kier molecular flexibility index (Phi) is 6.07. The van der Waals surface area contributed by atoms with E-state index in [9.17, 15) is 9.59 Å². The molecule has 7 nitrogen and oxygen atoms in total. The van der Waals surface area contributed by atoms with Crippen LogP contribution in [0.5, 0.6) is 0 Å². The molecule has 0 saturated heterocycles. The first-order chi connectivity index (χ1) is 15.5. The van der Waals surface area contributed by atoms with Crippen LogP contribution >= 0.6 is 34.7 Å². The van der Waals surface area contributed by atoms with Gasteiger partial charge in [-0.15, -0.1) is 11.3 Å². The lowest BCUT2D eigenvalue weighted by Crippen LogP contribution is -2.25. The van der Waals surface area contributed by atoms with Gasteiger partial charge in [0.05, 0.1) is 29.3 Å². The Hall–Kier alpha value is -2.20. The van der Waals surface area contributed by atoms with Crippen LogP contribution in [0.15, 0.2) is 39.1 Å². The molecular formula is C22H21ClN4O3S2. The van der Waals surface area contributed by atoms with Gasteiger partial charge in [0.2, 0.25) is 0 Å². The number of thiophene rings is 1. The van der Waals surface area contributed by atoms with Crippen molar-refractivity contribution in [3.63, 3.8) is 0 Å². The van der Waals surface area contributed by atoms with Gasteiger partial charge in [0, 0.05) is 30.0 Å². The van der Waals surface area contributed by atoms with E-state index in [-0.39, 0.29) is 11.1 Å². The SMILES string of the molecule is COCCn1c(SCc2cc(=O)n3cc(Cl)ccc3n2)nc2sc3c(c2c1=O)CCCC3. The van der Waals surface area contributed by atoms with Gasteiger partial charge in [-0.25, -0.2) is 9.97 Å². The molecule has 0 atom stereocenters. The third kappa shape index (κ3) is 3.98. The molecule has 32 heavy (non-hydrogen) atoms. The minimum Gasteiger partial charge on any atom is -0.383 e. The molecule has 0 amide bonds. The summed E-state index contributed by atoms with van der Waals surface area (Å²) in [4.78, 5) is 37.5. The lowest BCUT2D eigenvalue weighted by Gasteiger charge is -2.13. The smallest absolute Gasteiger partial charge is 0.263 e. The summed E-state index contributed by atoms with van der Waals surface area (Å²) in [5.74, 6) is 0.421. The summed E-state index contributed by atoms with van der Waals surface area (Å²) in [7, 11) is 1.62. The molecule has 0 saturated carbocycles. The molecule has 0 N–H and O–H groups in total. The van der Waals surface area contributed by atoms with Crippen LogP contribution in [0.25, 0.3) is 15.9 Å². The molecule has 0 aromatic carbocycles. The van der Waals surface area contributed by atoms with E-state index >= 15 is 0 Å². The van der Waals surface area contributed by atoms with Crippen molar-refractivity contribution in [2.24, 2.45) is 0 Å². The summed E-state index contributed by atoms with van der Waals surface area (Å²) in [6.45, 7) is 0.848. The van der Waals surface area contributed by atoms with E-state index in [0.29, 0.717) is 40.4 Å². The molecule has 1 aliphatic rings. The molecular weight excluding hydrogens is 468 g/mol. The molecule has 4 aromatic rings. The number of rotatable bonds is 6. The number of pyridine rings is 1. The molecule has 5 rings (SSSR count). The lowest BCUT2D eigenvalue weighted by atomic mass is 9.97. The molecule has 166 valence electrons. The zero-order valence-electron chi connectivity index (χ0n) is 17.5. The van der Waals surface area contributed by atoms with E-state index in [2.05, 4.69) is 4.98 Å². The van der Waals surface area contributed by atoms with E-state index in [1.54, 1.807) is 41.3 Å². The molecule has 10 heteroatoms. The third-order valence-corrected chi connectivity index (χ3v) is 8.00. The van der Waals surface area contributed by atoms with Crippen LogP contribution in [-0.4, -0.2) is 32.7 Å². The van der Waals surface area contributed by atoms with E-state index in [0.717, 1.165) is 35.9 Å². The normalized spacial score (nSPS) is 13.7. The maximum atomic E-state index is 13.4. The van der Waals surface area contributed by atoms with Gasteiger partial charge in [-0.2, -0.15) is 0 Å². The van der Waals surface area contributed by atoms with E-state index < -0.39 is 0 Å². The van der Waals surface area contributed by atoms with Gasteiger partial charge in [0.15, 0.2) is 5.16 Å². The monoisotopic (exact) mass is 488 g/mol. The molecule has 1 aliphatic carbocycles. The van der Waals surface area contributed by atoms with Crippen molar-refractivity contribution in [1.82, 2.24) is 18.9 Å². The quantitative estimate of drug-likeness (QED) is 0.302. The molecule has 0 aliphatic heterocycles. The number of methoxy groups -OCH3 is 1. The predicted molar refractivity (Wildman–Crippen MR) is 128 cm³/mol. The standard InChI is InChI=1S/C22H21ClN4O3S2/c1-30-9-8-26-21(29)19-15-4-2-3-5-16(15)32-20(19)25-22(26)31-12-14-10-18(28)27-11-13(23)6-7-17(27)24-14/h6-7,10-11H,2-5,8-9,12H2,1H3. The fraction of sp³-hybridized carbons (Fsp3) is 0.364. The number of aryl methyl sites for hydroxylation is 2. The van der Waals surface area contributed by atoms with Gasteiger partial charge in [-0.1, -0.05) is 23.4 Å². The number of thioether (sulfide) groups is 1. The molecule has 0 spiro atoms. The summed E-state index contributed by atoms with van der Waals surface area (Å²) < 4.78 is 8.36. The number of halogens is 1. The maximum Gasteiger partial charge on any atom is 0.263 e. The molecule has 0 bridgehead atoms. The number of hydrogen-bond acceptors (Lipinski definition) is 7. The van der Waals surface area contributed by atoms with Gasteiger partial charge >= 0.3 is 0 Å². The minimum atomic E-state index is -0.195. The van der Waals surface area contributed by atoms with Crippen LogP contribution in [0, 0.1) is 0 Å². The average molecular weight is 489 g/mol. The van der Waals surface area contributed by atoms with Crippen LogP contribution in [0.1, 0.15) is 29.0 Å². The predicted octanol–water partition coefficient (Wildman–Crippen LogP) is 3.94. The van der Waals surface area contributed by atoms with Gasteiger partial charge in [-0.05, 0) is 43.4 Å². The highest BCUT2D eigenvalue weighted by Gasteiger charge is 2.22. The minimum absolute atomic E-state index is 0.00451. The van der Waals surface area contributed by atoms with Gasteiger partial charge in [0.25, 0.3) is 11.1 Å². The molecule has 0 radical (unpaired) electrons. The highest BCUT2D eigenvalue weighted by atomic mass is 35.5. The van der Waals surface area contributed by atoms with Crippen molar-refractivity contribution >= 4 is 50.6 Å². The number of fused-ring (bicyclic) bond motifs is 4. The van der Waals surface area contributed by atoms with Crippen LogP contribution in [0.3, 0.4) is 0 Å². The van der Waals surface area contributed by atoms with Gasteiger partial charge < -0.3 is 4.74 Å². The molecule has 4 aromatic heterocycles. The van der Waals surface area contributed by atoms with Crippen LogP contribution < -0.4 is 11.1 Å². The highest BCUT2D eigenvalue weighted by Crippen LogP contribution is 2.35. The molecule has 0 fully saturated rings. The van der Waals surface area contributed by atoms with Crippen molar-refractivity contribution in [2.45, 2.75) is 43.1 Å². The Balaban J connectivity index is 1.53. The Morgan fingerprint density at radius 1 is 1.22 bits per heavy atom. The van der Waals surface area contributed by atoms with Gasteiger partial charge in [-0.3, -0.25) is 18.6 Å². The summed E-state index contributed by atoms with van der Waals surface area (Å²) in [6.07, 6.45) is 5.79. The Morgan fingerprint density at radius 3 is 2.91 bits per heavy atom. The van der Waals surface area contributed by atoms with Gasteiger partial charge in [0.1, 0.15) is 10.5 Å². The van der Waals surface area contributed by atoms with Crippen molar-refractivity contribution in [3.8, 4) is 0 Å². The topological polar surface area (TPSA) is 78.5 Å². The Morgan fingerprint density at radius 2 is 2.06 bits per heavy atom. The largest absolute Gasteiger partial charge is 0.383 e. The van der Waals surface area contributed by atoms with Crippen LogP contribution in [0.2, 0.25) is 5.02 Å². The molecule has 4 heterocycles. The number of hydrogen-bond donors (Lipinski definition) is 0. The fourth-order valence-electron chi connectivity index (χ4n) is 4.05. The number of ether oxygens (including phenoxy) is 1. The van der Waals surface area contributed by atoms with E-state index in [1.165, 1.54) is 32.7 Å². The Bertz CT molecular complexity index is 1440. The number of aromatic nitrogens is 4. The highest BCUT2D eigenvalue weighted by molar-refractivity contribution is 7.98. The Labute approximate surface area is 197 Å². The van der Waals surface area contributed by atoms with Crippen molar-refractivity contribution < 1.29 is 4.74 Å². The van der Waals surface area contributed by atoms with E-state index in [1.807, 2.05) is 0 Å². The summed E-state index contributed by atoms with van der Waals surface area (Å²) in [5.41, 5.74) is 2.14. The summed E-state index contributed by atoms with van der Waals surface area (Å²) in [6, 6.07) is 4.92. The second-order valence-corrected chi connectivity index (χ2v) is 10.1. The molecule has 0 unspecified atom stereocenters. The first-order valence-corrected chi connectivity index (χ1v) is 12.6. The summed E-state index contributed by atoms with van der Waals surface area (Å²) in [5, 5.41) is 1.86. The van der Waals surface area contributed by atoms with Crippen molar-refractivity contribution in [3.05, 3.63) is 66.3 Å². The fourth-order valence-corrected chi connectivity index (χ4v) is 6.43.